The summed E-state index contributed by atoms with van der Waals surface area (Å²) in [6, 6.07) is 17.6. The molecule has 1 N–H and O–H groups in total. The van der Waals surface area contributed by atoms with E-state index >= 15 is 0 Å². The first kappa shape index (κ1) is 23.4. The first-order valence-corrected chi connectivity index (χ1v) is 10.8. The Labute approximate surface area is 205 Å². The molecule has 0 bridgehead atoms. The zero-order valence-corrected chi connectivity index (χ0v) is 19.4. The van der Waals surface area contributed by atoms with Crippen molar-refractivity contribution in [2.75, 3.05) is 12.0 Å². The Hall–Kier alpha value is -3.81. The number of halogens is 2. The van der Waals surface area contributed by atoms with Crippen molar-refractivity contribution in [1.82, 2.24) is 5.32 Å². The van der Waals surface area contributed by atoms with Crippen LogP contribution in [-0.4, -0.2) is 25.0 Å². The van der Waals surface area contributed by atoms with Gasteiger partial charge in [0.2, 0.25) is 0 Å². The van der Waals surface area contributed by atoms with Crippen molar-refractivity contribution in [3.05, 3.63) is 93.5 Å². The van der Waals surface area contributed by atoms with Gasteiger partial charge in [0.1, 0.15) is 23.7 Å². The van der Waals surface area contributed by atoms with Gasteiger partial charge >= 0.3 is 6.03 Å². The number of ether oxygens (including phenoxy) is 2. The molecule has 4 rings (SSSR count). The second-order valence-corrected chi connectivity index (χ2v) is 8.11. The molecule has 0 spiro atoms. The summed E-state index contributed by atoms with van der Waals surface area (Å²) in [4.78, 5) is 38.7. The van der Waals surface area contributed by atoms with E-state index in [1.54, 1.807) is 54.6 Å². The number of rotatable bonds is 6. The Bertz CT molecular complexity index is 1300. The largest absolute Gasteiger partial charge is 0.497 e. The molecule has 172 valence electrons. The molecule has 0 saturated carbocycles. The molecule has 0 aliphatic carbocycles. The third kappa shape index (κ3) is 5.06. The normalized spacial score (nSPS) is 14.9. The quantitative estimate of drug-likeness (QED) is 0.372. The number of amides is 4. The van der Waals surface area contributed by atoms with Crippen molar-refractivity contribution in [2.45, 2.75) is 6.61 Å². The monoisotopic (exact) mass is 496 g/mol. The molecule has 0 aromatic heterocycles. The second kappa shape index (κ2) is 9.99. The van der Waals surface area contributed by atoms with E-state index in [2.05, 4.69) is 5.32 Å². The fourth-order valence-electron chi connectivity index (χ4n) is 3.30. The van der Waals surface area contributed by atoms with Crippen molar-refractivity contribution >= 4 is 52.8 Å². The molecule has 1 heterocycles. The van der Waals surface area contributed by atoms with Crippen molar-refractivity contribution in [2.24, 2.45) is 0 Å². The summed E-state index contributed by atoms with van der Waals surface area (Å²) in [5, 5.41) is 3.08. The maximum absolute atomic E-state index is 13.0. The van der Waals surface area contributed by atoms with Gasteiger partial charge in [-0.25, -0.2) is 9.69 Å². The van der Waals surface area contributed by atoms with E-state index in [1.165, 1.54) is 13.2 Å². The average molecular weight is 497 g/mol. The highest BCUT2D eigenvalue weighted by molar-refractivity contribution is 6.39. The molecule has 0 unspecified atom stereocenters. The zero-order valence-electron chi connectivity index (χ0n) is 17.9. The second-order valence-electron chi connectivity index (χ2n) is 7.26. The summed E-state index contributed by atoms with van der Waals surface area (Å²) in [5.41, 5.74) is 1.45. The first-order valence-electron chi connectivity index (χ1n) is 10.1. The third-order valence-electron chi connectivity index (χ3n) is 4.98. The molecule has 34 heavy (non-hydrogen) atoms. The van der Waals surface area contributed by atoms with Crippen LogP contribution in [-0.2, 0) is 16.2 Å². The Morgan fingerprint density at radius 3 is 2.41 bits per heavy atom. The molecular weight excluding hydrogens is 479 g/mol. The summed E-state index contributed by atoms with van der Waals surface area (Å²) >= 11 is 12.3. The predicted molar refractivity (Wildman–Crippen MR) is 129 cm³/mol. The lowest BCUT2D eigenvalue weighted by Crippen LogP contribution is -2.54. The smallest absolute Gasteiger partial charge is 0.335 e. The number of hydrogen-bond acceptors (Lipinski definition) is 5. The van der Waals surface area contributed by atoms with Crippen molar-refractivity contribution in [3.63, 3.8) is 0 Å². The maximum atomic E-state index is 13.0. The standard InChI is InChI=1S/C25H18Cl2N2O5/c1-33-19-8-6-18(7-9-19)29-24(31)20(23(30)28-25(29)32)12-15-5-10-22(21(27)13-15)34-14-16-3-2-4-17(26)11-16/h2-13H,14H2,1H3,(H,28,30,32)/b20-12+. The molecule has 1 saturated heterocycles. The number of anilines is 1. The SMILES string of the molecule is COc1ccc(N2C(=O)NC(=O)/C(=C\c3ccc(OCc4cccc(Cl)c4)c(Cl)c3)C2=O)cc1. The zero-order chi connectivity index (χ0) is 24.2. The minimum absolute atomic E-state index is 0.209. The minimum Gasteiger partial charge on any atom is -0.497 e. The predicted octanol–water partition coefficient (Wildman–Crippen LogP) is 5.25. The van der Waals surface area contributed by atoms with E-state index in [0.717, 1.165) is 10.5 Å². The van der Waals surface area contributed by atoms with Gasteiger partial charge in [-0.3, -0.25) is 14.9 Å². The minimum atomic E-state index is -0.833. The molecule has 3 aromatic carbocycles. The molecular formula is C25H18Cl2N2O5. The fourth-order valence-corrected chi connectivity index (χ4v) is 3.76. The van der Waals surface area contributed by atoms with Gasteiger partial charge in [-0.05, 0) is 65.7 Å². The van der Waals surface area contributed by atoms with Gasteiger partial charge in [0.25, 0.3) is 11.8 Å². The lowest BCUT2D eigenvalue weighted by Gasteiger charge is -2.26. The van der Waals surface area contributed by atoms with Crippen molar-refractivity contribution in [3.8, 4) is 11.5 Å². The number of carbonyl (C=O) groups is 3. The van der Waals surface area contributed by atoms with Crippen LogP contribution >= 0.6 is 23.2 Å². The Morgan fingerprint density at radius 1 is 0.971 bits per heavy atom. The van der Waals surface area contributed by atoms with Crippen LogP contribution < -0.4 is 19.7 Å². The van der Waals surface area contributed by atoms with Crippen LogP contribution in [0.5, 0.6) is 11.5 Å². The van der Waals surface area contributed by atoms with Crippen LogP contribution in [0, 0.1) is 0 Å². The Morgan fingerprint density at radius 2 is 1.74 bits per heavy atom. The van der Waals surface area contributed by atoms with Gasteiger partial charge in [-0.1, -0.05) is 41.4 Å². The van der Waals surface area contributed by atoms with Gasteiger partial charge in [0.15, 0.2) is 0 Å². The van der Waals surface area contributed by atoms with Gasteiger partial charge < -0.3 is 9.47 Å². The van der Waals surface area contributed by atoms with Crippen LogP contribution in [0.1, 0.15) is 11.1 Å². The van der Waals surface area contributed by atoms with E-state index < -0.39 is 17.8 Å². The van der Waals surface area contributed by atoms with Crippen LogP contribution in [0.25, 0.3) is 6.08 Å². The molecule has 7 nitrogen and oxygen atoms in total. The number of nitrogens with one attached hydrogen (secondary N) is 1. The number of methoxy groups -OCH3 is 1. The molecule has 0 atom stereocenters. The summed E-state index contributed by atoms with van der Waals surface area (Å²) in [6.45, 7) is 0.264. The number of benzene rings is 3. The van der Waals surface area contributed by atoms with E-state index in [0.29, 0.717) is 32.8 Å². The molecule has 4 amide bonds. The molecule has 3 aromatic rings. The molecule has 0 radical (unpaired) electrons. The lowest BCUT2D eigenvalue weighted by atomic mass is 10.1. The molecule has 1 aliphatic rings. The Balaban J connectivity index is 1.55. The van der Waals surface area contributed by atoms with Gasteiger partial charge in [-0.2, -0.15) is 0 Å². The molecule has 1 aliphatic heterocycles. The van der Waals surface area contributed by atoms with Crippen LogP contribution in [0.2, 0.25) is 10.0 Å². The number of nitrogens with zero attached hydrogens (tertiary/aromatic N) is 1. The van der Waals surface area contributed by atoms with Crippen molar-refractivity contribution in [1.29, 1.82) is 0 Å². The summed E-state index contributed by atoms with van der Waals surface area (Å²) in [6.07, 6.45) is 1.37. The van der Waals surface area contributed by atoms with Gasteiger partial charge in [0.05, 0.1) is 17.8 Å². The van der Waals surface area contributed by atoms with Crippen LogP contribution in [0.15, 0.2) is 72.3 Å². The van der Waals surface area contributed by atoms with Crippen LogP contribution in [0.4, 0.5) is 10.5 Å². The number of carbonyl (C=O) groups excluding carboxylic acids is 3. The highest BCUT2D eigenvalue weighted by Crippen LogP contribution is 2.29. The maximum Gasteiger partial charge on any atom is 0.335 e. The summed E-state index contributed by atoms with van der Waals surface area (Å²) in [5.74, 6) is -0.556. The third-order valence-corrected chi connectivity index (χ3v) is 5.51. The number of hydrogen-bond donors (Lipinski definition) is 1. The molecule has 9 heteroatoms. The number of imide groups is 2. The average Bonchev–Trinajstić information content (AvgIpc) is 2.81. The molecule has 1 fully saturated rings. The topological polar surface area (TPSA) is 84.9 Å². The van der Waals surface area contributed by atoms with E-state index in [-0.39, 0.29) is 12.2 Å². The highest BCUT2D eigenvalue weighted by Gasteiger charge is 2.36. The van der Waals surface area contributed by atoms with Gasteiger partial charge in [-0.15, -0.1) is 0 Å². The fraction of sp³-hybridized carbons (Fsp3) is 0.0800. The Kier molecular flexibility index (Phi) is 6.86. The van der Waals surface area contributed by atoms with E-state index in [9.17, 15) is 14.4 Å². The van der Waals surface area contributed by atoms with E-state index in [1.807, 2.05) is 12.1 Å². The van der Waals surface area contributed by atoms with E-state index in [4.69, 9.17) is 32.7 Å². The lowest BCUT2D eigenvalue weighted by molar-refractivity contribution is -0.122. The van der Waals surface area contributed by atoms with Crippen LogP contribution in [0.3, 0.4) is 0 Å². The summed E-state index contributed by atoms with van der Waals surface area (Å²) in [7, 11) is 1.51. The summed E-state index contributed by atoms with van der Waals surface area (Å²) < 4.78 is 10.9. The van der Waals surface area contributed by atoms with Gasteiger partial charge in [0, 0.05) is 5.02 Å². The first-order chi connectivity index (χ1) is 16.4. The van der Waals surface area contributed by atoms with Crippen molar-refractivity contribution < 1.29 is 23.9 Å². The number of barbiturate groups is 1. The highest BCUT2D eigenvalue weighted by atomic mass is 35.5. The number of urea groups is 1.